The fraction of sp³-hybridized carbons (Fsp3) is 0.240. The van der Waals surface area contributed by atoms with Crippen LogP contribution in [0.15, 0.2) is 59.4 Å². The zero-order chi connectivity index (χ0) is 22.0. The van der Waals surface area contributed by atoms with Crippen LogP contribution in [0.1, 0.15) is 34.7 Å². The van der Waals surface area contributed by atoms with Crippen molar-refractivity contribution in [2.45, 2.75) is 39.7 Å². The van der Waals surface area contributed by atoms with Crippen LogP contribution in [-0.2, 0) is 17.8 Å². The quantitative estimate of drug-likeness (QED) is 0.436. The highest BCUT2D eigenvalue weighted by Crippen LogP contribution is 2.36. The SMILES string of the molecule is Cc1ccc(-c2c(C)sc3nc(Cc4ccccc4)n(CCCC(=O)O)c(=O)c23)cc1. The molecule has 0 bridgehead atoms. The number of hydrogen-bond acceptors (Lipinski definition) is 4. The Hall–Kier alpha value is -3.25. The van der Waals surface area contributed by atoms with Gasteiger partial charge in [0.15, 0.2) is 0 Å². The fourth-order valence-electron chi connectivity index (χ4n) is 3.84. The topological polar surface area (TPSA) is 72.2 Å². The molecule has 0 aliphatic heterocycles. The van der Waals surface area contributed by atoms with E-state index in [0.29, 0.717) is 30.6 Å². The largest absolute Gasteiger partial charge is 0.481 e. The first-order valence-corrected chi connectivity index (χ1v) is 11.1. The van der Waals surface area contributed by atoms with Crippen LogP contribution in [0.4, 0.5) is 0 Å². The zero-order valence-electron chi connectivity index (χ0n) is 17.6. The predicted octanol–water partition coefficient (Wildman–Crippen LogP) is 5.20. The lowest BCUT2D eigenvalue weighted by Gasteiger charge is -2.13. The first kappa shape index (κ1) is 21.0. The van der Waals surface area contributed by atoms with E-state index < -0.39 is 5.97 Å². The second-order valence-electron chi connectivity index (χ2n) is 7.72. The average molecular weight is 433 g/mol. The normalized spacial score (nSPS) is 11.2. The van der Waals surface area contributed by atoms with E-state index in [4.69, 9.17) is 10.1 Å². The number of carboxylic acids is 1. The molecule has 158 valence electrons. The number of aryl methyl sites for hydroxylation is 2. The molecule has 0 atom stereocenters. The van der Waals surface area contributed by atoms with Gasteiger partial charge < -0.3 is 5.11 Å². The summed E-state index contributed by atoms with van der Waals surface area (Å²) in [4.78, 5) is 31.4. The minimum Gasteiger partial charge on any atom is -0.481 e. The maximum Gasteiger partial charge on any atom is 0.303 e. The number of aromatic nitrogens is 2. The van der Waals surface area contributed by atoms with Crippen molar-refractivity contribution in [3.63, 3.8) is 0 Å². The van der Waals surface area contributed by atoms with Gasteiger partial charge in [-0.3, -0.25) is 14.2 Å². The van der Waals surface area contributed by atoms with Gasteiger partial charge in [0, 0.05) is 29.8 Å². The van der Waals surface area contributed by atoms with E-state index in [1.807, 2.05) is 68.4 Å². The lowest BCUT2D eigenvalue weighted by molar-refractivity contribution is -0.137. The lowest BCUT2D eigenvalue weighted by Crippen LogP contribution is -2.26. The molecule has 31 heavy (non-hydrogen) atoms. The van der Waals surface area contributed by atoms with Crippen molar-refractivity contribution in [1.29, 1.82) is 0 Å². The van der Waals surface area contributed by atoms with Gasteiger partial charge in [-0.25, -0.2) is 4.98 Å². The third-order valence-corrected chi connectivity index (χ3v) is 6.38. The molecular weight excluding hydrogens is 408 g/mol. The first-order chi connectivity index (χ1) is 14.9. The summed E-state index contributed by atoms with van der Waals surface area (Å²) in [6.45, 7) is 4.39. The van der Waals surface area contributed by atoms with Gasteiger partial charge in [-0.05, 0) is 31.4 Å². The summed E-state index contributed by atoms with van der Waals surface area (Å²) in [5.41, 5.74) is 4.06. The molecular formula is C25H24N2O3S. The summed E-state index contributed by atoms with van der Waals surface area (Å²) >= 11 is 1.54. The van der Waals surface area contributed by atoms with Crippen molar-refractivity contribution in [3.05, 3.63) is 86.8 Å². The standard InChI is InChI=1S/C25H24N2O3S/c1-16-10-12-19(13-11-16)22-17(2)31-24-23(22)25(30)27(14-6-9-21(28)29)20(26-24)15-18-7-4-3-5-8-18/h3-5,7-8,10-13H,6,9,14-15H2,1-2H3,(H,28,29). The fourth-order valence-corrected chi connectivity index (χ4v) is 4.89. The summed E-state index contributed by atoms with van der Waals surface area (Å²) in [6, 6.07) is 18.1. The molecule has 1 N–H and O–H groups in total. The Morgan fingerprint density at radius 1 is 1.06 bits per heavy atom. The molecule has 2 heterocycles. The minimum absolute atomic E-state index is 0.0166. The molecule has 2 aromatic heterocycles. The number of hydrogen-bond donors (Lipinski definition) is 1. The van der Waals surface area contributed by atoms with Crippen molar-refractivity contribution in [2.24, 2.45) is 0 Å². The van der Waals surface area contributed by atoms with E-state index in [2.05, 4.69) is 0 Å². The Labute approximate surface area is 184 Å². The monoisotopic (exact) mass is 432 g/mol. The lowest BCUT2D eigenvalue weighted by atomic mass is 10.0. The highest BCUT2D eigenvalue weighted by atomic mass is 32.1. The Kier molecular flexibility index (Phi) is 6.00. The van der Waals surface area contributed by atoms with Crippen LogP contribution in [0.3, 0.4) is 0 Å². The molecule has 0 saturated carbocycles. The number of carbonyl (C=O) groups is 1. The van der Waals surface area contributed by atoms with Crippen molar-refractivity contribution in [3.8, 4) is 11.1 Å². The minimum atomic E-state index is -0.863. The van der Waals surface area contributed by atoms with Gasteiger partial charge in [-0.15, -0.1) is 11.3 Å². The van der Waals surface area contributed by atoms with E-state index in [1.54, 1.807) is 4.57 Å². The summed E-state index contributed by atoms with van der Waals surface area (Å²) in [7, 11) is 0. The van der Waals surface area contributed by atoms with Gasteiger partial charge in [-0.2, -0.15) is 0 Å². The molecule has 2 aromatic carbocycles. The molecule has 0 saturated heterocycles. The van der Waals surface area contributed by atoms with Crippen LogP contribution in [0, 0.1) is 13.8 Å². The molecule has 0 aliphatic rings. The molecule has 5 nitrogen and oxygen atoms in total. The van der Waals surface area contributed by atoms with Crippen molar-refractivity contribution >= 4 is 27.5 Å². The van der Waals surface area contributed by atoms with E-state index >= 15 is 0 Å². The number of thiophene rings is 1. The van der Waals surface area contributed by atoms with Crippen LogP contribution in [0.2, 0.25) is 0 Å². The number of carboxylic acid groups (broad SMARTS) is 1. The van der Waals surface area contributed by atoms with Gasteiger partial charge in [0.2, 0.25) is 0 Å². The number of fused-ring (bicyclic) bond motifs is 1. The number of aliphatic carboxylic acids is 1. The Balaban J connectivity index is 1.88. The smallest absolute Gasteiger partial charge is 0.303 e. The molecule has 0 amide bonds. The molecule has 0 fully saturated rings. The third kappa shape index (κ3) is 4.44. The summed E-state index contributed by atoms with van der Waals surface area (Å²) < 4.78 is 1.67. The van der Waals surface area contributed by atoms with Crippen LogP contribution in [0.25, 0.3) is 21.3 Å². The highest BCUT2D eigenvalue weighted by Gasteiger charge is 2.20. The van der Waals surface area contributed by atoms with Gasteiger partial charge in [-0.1, -0.05) is 60.2 Å². The van der Waals surface area contributed by atoms with Gasteiger partial charge in [0.05, 0.1) is 5.39 Å². The van der Waals surface area contributed by atoms with E-state index in [0.717, 1.165) is 32.0 Å². The molecule has 6 heteroatoms. The Bertz CT molecular complexity index is 1290. The predicted molar refractivity (Wildman–Crippen MR) is 125 cm³/mol. The maximum atomic E-state index is 13.7. The summed E-state index contributed by atoms with van der Waals surface area (Å²) in [5.74, 6) is -0.191. The van der Waals surface area contributed by atoms with Crippen LogP contribution >= 0.6 is 11.3 Å². The van der Waals surface area contributed by atoms with Gasteiger partial charge >= 0.3 is 5.97 Å². The molecule has 0 spiro atoms. The van der Waals surface area contributed by atoms with Crippen molar-refractivity contribution in [1.82, 2.24) is 9.55 Å². The van der Waals surface area contributed by atoms with E-state index in [9.17, 15) is 9.59 Å². The van der Waals surface area contributed by atoms with Crippen LogP contribution < -0.4 is 5.56 Å². The Morgan fingerprint density at radius 3 is 2.45 bits per heavy atom. The first-order valence-electron chi connectivity index (χ1n) is 10.3. The van der Waals surface area contributed by atoms with Crippen molar-refractivity contribution in [2.75, 3.05) is 0 Å². The van der Waals surface area contributed by atoms with Crippen molar-refractivity contribution < 1.29 is 9.90 Å². The second-order valence-corrected chi connectivity index (χ2v) is 8.93. The molecule has 0 radical (unpaired) electrons. The molecule has 4 rings (SSSR count). The molecule has 0 aliphatic carbocycles. The average Bonchev–Trinajstić information content (AvgIpc) is 3.07. The Morgan fingerprint density at radius 2 is 1.77 bits per heavy atom. The molecule has 0 unspecified atom stereocenters. The highest BCUT2D eigenvalue weighted by molar-refractivity contribution is 7.19. The summed E-state index contributed by atoms with van der Waals surface area (Å²) in [6.07, 6.45) is 0.922. The van der Waals surface area contributed by atoms with Crippen LogP contribution in [-0.4, -0.2) is 20.6 Å². The molecule has 4 aromatic rings. The van der Waals surface area contributed by atoms with Gasteiger partial charge in [0.1, 0.15) is 10.7 Å². The number of rotatable bonds is 7. The van der Waals surface area contributed by atoms with E-state index in [-0.39, 0.29) is 12.0 Å². The van der Waals surface area contributed by atoms with E-state index in [1.165, 1.54) is 11.3 Å². The van der Waals surface area contributed by atoms with Gasteiger partial charge in [0.25, 0.3) is 5.56 Å². The second kappa shape index (κ2) is 8.86. The zero-order valence-corrected chi connectivity index (χ0v) is 18.4. The number of nitrogens with zero attached hydrogens (tertiary/aromatic N) is 2. The maximum absolute atomic E-state index is 13.7. The summed E-state index contributed by atoms with van der Waals surface area (Å²) in [5, 5.41) is 9.68. The number of benzene rings is 2. The van der Waals surface area contributed by atoms with Crippen LogP contribution in [0.5, 0.6) is 0 Å². The third-order valence-electron chi connectivity index (χ3n) is 5.38.